The van der Waals surface area contributed by atoms with Crippen LogP contribution in [0.4, 0.5) is 18.9 Å². The van der Waals surface area contributed by atoms with Crippen molar-refractivity contribution in [1.29, 1.82) is 0 Å². The summed E-state index contributed by atoms with van der Waals surface area (Å²) >= 11 is 0. The normalized spacial score (nSPS) is 11.5. The first kappa shape index (κ1) is 12.5. The standard InChI is InChI=1S/C14H12F3N/c15-14(16,17)12-6-3-4-10(9-12)8-11-5-1-2-7-13(11)18/h1-7,9H,8,18H2. The van der Waals surface area contributed by atoms with E-state index >= 15 is 0 Å². The van der Waals surface area contributed by atoms with Crippen molar-refractivity contribution < 1.29 is 13.2 Å². The molecule has 2 aromatic carbocycles. The number of anilines is 1. The number of hydrogen-bond donors (Lipinski definition) is 1. The minimum absolute atomic E-state index is 0.399. The summed E-state index contributed by atoms with van der Waals surface area (Å²) < 4.78 is 37.7. The van der Waals surface area contributed by atoms with Crippen LogP contribution in [0.5, 0.6) is 0 Å². The Bertz CT molecular complexity index is 547. The number of benzene rings is 2. The Balaban J connectivity index is 2.28. The van der Waals surface area contributed by atoms with Crippen LogP contribution in [0, 0.1) is 0 Å². The van der Waals surface area contributed by atoms with Crippen molar-refractivity contribution in [3.63, 3.8) is 0 Å². The Morgan fingerprint density at radius 2 is 1.67 bits per heavy atom. The molecule has 0 saturated heterocycles. The molecule has 2 aromatic rings. The van der Waals surface area contributed by atoms with Crippen LogP contribution < -0.4 is 5.73 Å². The Hall–Kier alpha value is -1.97. The quantitative estimate of drug-likeness (QED) is 0.805. The number of alkyl halides is 3. The van der Waals surface area contributed by atoms with Crippen molar-refractivity contribution in [3.05, 3.63) is 65.2 Å². The molecule has 0 bridgehead atoms. The number of halogens is 3. The van der Waals surface area contributed by atoms with Crippen molar-refractivity contribution in [3.8, 4) is 0 Å². The number of hydrogen-bond acceptors (Lipinski definition) is 1. The van der Waals surface area contributed by atoms with E-state index in [-0.39, 0.29) is 0 Å². The van der Waals surface area contributed by atoms with Crippen molar-refractivity contribution in [2.75, 3.05) is 5.73 Å². The summed E-state index contributed by atoms with van der Waals surface area (Å²) in [6.45, 7) is 0. The fourth-order valence-corrected chi connectivity index (χ4v) is 1.77. The van der Waals surface area contributed by atoms with Crippen molar-refractivity contribution in [1.82, 2.24) is 0 Å². The van der Waals surface area contributed by atoms with Gasteiger partial charge in [0.1, 0.15) is 0 Å². The van der Waals surface area contributed by atoms with E-state index in [4.69, 9.17) is 5.73 Å². The largest absolute Gasteiger partial charge is 0.416 e. The second kappa shape index (κ2) is 4.72. The van der Waals surface area contributed by atoms with Gasteiger partial charge < -0.3 is 5.73 Å². The molecular formula is C14H12F3N. The third-order valence-corrected chi connectivity index (χ3v) is 2.70. The summed E-state index contributed by atoms with van der Waals surface area (Å²) in [5.41, 5.74) is 7.16. The predicted molar refractivity (Wildman–Crippen MR) is 65.1 cm³/mol. The lowest BCUT2D eigenvalue weighted by Gasteiger charge is -2.09. The van der Waals surface area contributed by atoms with Crippen LogP contribution in [0.1, 0.15) is 16.7 Å². The summed E-state index contributed by atoms with van der Waals surface area (Å²) in [7, 11) is 0. The second-order valence-corrected chi connectivity index (χ2v) is 4.07. The minimum atomic E-state index is -4.31. The van der Waals surface area contributed by atoms with Crippen LogP contribution in [-0.2, 0) is 12.6 Å². The zero-order valence-electron chi connectivity index (χ0n) is 9.54. The third-order valence-electron chi connectivity index (χ3n) is 2.70. The maximum atomic E-state index is 12.6. The van der Waals surface area contributed by atoms with Gasteiger partial charge in [0.25, 0.3) is 0 Å². The molecule has 0 aliphatic rings. The molecule has 0 atom stereocenters. The molecule has 4 heteroatoms. The highest BCUT2D eigenvalue weighted by atomic mass is 19.4. The topological polar surface area (TPSA) is 26.0 Å². The molecule has 0 fully saturated rings. The highest BCUT2D eigenvalue weighted by Crippen LogP contribution is 2.30. The molecule has 2 rings (SSSR count). The van der Waals surface area contributed by atoms with Gasteiger partial charge in [0.05, 0.1) is 5.56 Å². The van der Waals surface area contributed by atoms with E-state index in [2.05, 4.69) is 0 Å². The number of rotatable bonds is 2. The van der Waals surface area contributed by atoms with E-state index in [9.17, 15) is 13.2 Å². The molecule has 0 saturated carbocycles. The van der Waals surface area contributed by atoms with E-state index in [0.29, 0.717) is 17.7 Å². The van der Waals surface area contributed by atoms with Gasteiger partial charge in [-0.1, -0.05) is 36.4 Å². The first-order valence-electron chi connectivity index (χ1n) is 5.46. The fraction of sp³-hybridized carbons (Fsp3) is 0.143. The molecule has 0 aliphatic heterocycles. The zero-order chi connectivity index (χ0) is 13.2. The molecule has 0 spiro atoms. The van der Waals surface area contributed by atoms with Crippen LogP contribution >= 0.6 is 0 Å². The molecule has 0 aliphatic carbocycles. The average Bonchev–Trinajstić information content (AvgIpc) is 2.31. The van der Waals surface area contributed by atoms with Crippen LogP contribution in [0.25, 0.3) is 0 Å². The molecule has 0 aromatic heterocycles. The summed E-state index contributed by atoms with van der Waals surface area (Å²) in [5, 5.41) is 0. The molecule has 0 radical (unpaired) electrons. The van der Waals surface area contributed by atoms with Crippen LogP contribution in [0.15, 0.2) is 48.5 Å². The van der Waals surface area contributed by atoms with Crippen molar-refractivity contribution in [2.24, 2.45) is 0 Å². The van der Waals surface area contributed by atoms with Gasteiger partial charge in [-0.25, -0.2) is 0 Å². The maximum Gasteiger partial charge on any atom is 0.416 e. The first-order chi connectivity index (χ1) is 8.47. The molecule has 18 heavy (non-hydrogen) atoms. The van der Waals surface area contributed by atoms with Gasteiger partial charge in [0.2, 0.25) is 0 Å². The molecular weight excluding hydrogens is 239 g/mol. The fourth-order valence-electron chi connectivity index (χ4n) is 1.77. The van der Waals surface area contributed by atoms with Gasteiger partial charge in [-0.3, -0.25) is 0 Å². The molecule has 1 nitrogen and oxygen atoms in total. The first-order valence-corrected chi connectivity index (χ1v) is 5.46. The average molecular weight is 251 g/mol. The van der Waals surface area contributed by atoms with Crippen LogP contribution in [0.2, 0.25) is 0 Å². The summed E-state index contributed by atoms with van der Waals surface area (Å²) in [6, 6.07) is 12.5. The van der Waals surface area contributed by atoms with E-state index in [1.165, 1.54) is 6.07 Å². The Kier molecular flexibility index (Phi) is 3.28. The lowest BCUT2D eigenvalue weighted by Crippen LogP contribution is -2.05. The van der Waals surface area contributed by atoms with Gasteiger partial charge in [-0.05, 0) is 29.7 Å². The number of nitrogen functional groups attached to an aromatic ring is 1. The van der Waals surface area contributed by atoms with Crippen LogP contribution in [0.3, 0.4) is 0 Å². The van der Waals surface area contributed by atoms with Gasteiger partial charge in [0.15, 0.2) is 0 Å². The van der Waals surface area contributed by atoms with E-state index < -0.39 is 11.7 Å². The van der Waals surface area contributed by atoms with Gasteiger partial charge in [-0.15, -0.1) is 0 Å². The minimum Gasteiger partial charge on any atom is -0.398 e. The summed E-state index contributed by atoms with van der Waals surface area (Å²) in [6.07, 6.45) is -3.91. The van der Waals surface area contributed by atoms with E-state index in [1.807, 2.05) is 12.1 Å². The van der Waals surface area contributed by atoms with Gasteiger partial charge in [-0.2, -0.15) is 13.2 Å². The highest BCUT2D eigenvalue weighted by molar-refractivity contribution is 5.48. The zero-order valence-corrected chi connectivity index (χ0v) is 9.54. The van der Waals surface area contributed by atoms with E-state index in [1.54, 1.807) is 18.2 Å². The Labute approximate surface area is 103 Å². The highest BCUT2D eigenvalue weighted by Gasteiger charge is 2.30. The number of nitrogens with two attached hydrogens (primary N) is 1. The smallest absolute Gasteiger partial charge is 0.398 e. The second-order valence-electron chi connectivity index (χ2n) is 4.07. The van der Waals surface area contributed by atoms with Crippen molar-refractivity contribution >= 4 is 5.69 Å². The SMILES string of the molecule is Nc1ccccc1Cc1cccc(C(F)(F)F)c1. The van der Waals surface area contributed by atoms with Crippen LogP contribution in [-0.4, -0.2) is 0 Å². The van der Waals surface area contributed by atoms with Crippen molar-refractivity contribution in [2.45, 2.75) is 12.6 Å². The Morgan fingerprint density at radius 3 is 2.33 bits per heavy atom. The lowest BCUT2D eigenvalue weighted by molar-refractivity contribution is -0.137. The van der Waals surface area contributed by atoms with Gasteiger partial charge >= 0.3 is 6.18 Å². The summed E-state index contributed by atoms with van der Waals surface area (Å²) in [4.78, 5) is 0. The molecule has 0 heterocycles. The monoisotopic (exact) mass is 251 g/mol. The molecule has 2 N–H and O–H groups in total. The Morgan fingerprint density at radius 1 is 0.944 bits per heavy atom. The molecule has 94 valence electrons. The van der Waals surface area contributed by atoms with E-state index in [0.717, 1.165) is 17.7 Å². The lowest BCUT2D eigenvalue weighted by atomic mass is 10.0. The summed E-state index contributed by atoms with van der Waals surface area (Å²) in [5.74, 6) is 0. The molecule has 0 unspecified atom stereocenters. The predicted octanol–water partition coefficient (Wildman–Crippen LogP) is 3.88. The maximum absolute atomic E-state index is 12.6. The molecule has 0 amide bonds. The van der Waals surface area contributed by atoms with Gasteiger partial charge in [0, 0.05) is 5.69 Å². The number of para-hydroxylation sites is 1. The third kappa shape index (κ3) is 2.83.